The molecule has 2 unspecified atom stereocenters. The van der Waals surface area contributed by atoms with Crippen LogP contribution in [0.5, 0.6) is 0 Å². The van der Waals surface area contributed by atoms with Gasteiger partial charge in [-0.1, -0.05) is 11.6 Å². The normalized spacial score (nSPS) is 24.6. The summed E-state index contributed by atoms with van der Waals surface area (Å²) in [5.41, 5.74) is 3.18. The number of aromatic amines is 1. The number of fused-ring (bicyclic) bond motifs is 1. The molecular weight excluding hydrogens is 246 g/mol. The van der Waals surface area contributed by atoms with Gasteiger partial charge in [-0.15, -0.1) is 0 Å². The fourth-order valence-corrected chi connectivity index (χ4v) is 2.93. The largest absolute Gasteiger partial charge is 0.342 e. The van der Waals surface area contributed by atoms with Gasteiger partial charge in [0.05, 0.1) is 11.0 Å². The molecule has 2 heterocycles. The van der Waals surface area contributed by atoms with Gasteiger partial charge in [0.15, 0.2) is 0 Å². The van der Waals surface area contributed by atoms with Gasteiger partial charge in [-0.2, -0.15) is 0 Å². The van der Waals surface area contributed by atoms with Gasteiger partial charge in [0.2, 0.25) is 0 Å². The molecule has 1 aliphatic heterocycles. The number of halogens is 1. The van der Waals surface area contributed by atoms with E-state index in [-0.39, 0.29) is 0 Å². The number of rotatable bonds is 1. The molecule has 2 atom stereocenters. The van der Waals surface area contributed by atoms with Gasteiger partial charge in [-0.25, -0.2) is 4.98 Å². The summed E-state index contributed by atoms with van der Waals surface area (Å²) < 4.78 is 0. The second-order valence-corrected chi connectivity index (χ2v) is 5.67. The van der Waals surface area contributed by atoms with Crippen LogP contribution in [0.4, 0.5) is 0 Å². The van der Waals surface area contributed by atoms with Crippen molar-refractivity contribution in [3.05, 3.63) is 28.5 Å². The Balaban J connectivity index is 2.00. The highest BCUT2D eigenvalue weighted by molar-refractivity contribution is 6.32. The molecule has 3 nitrogen and oxygen atoms in total. The highest BCUT2D eigenvalue weighted by atomic mass is 35.5. The minimum absolute atomic E-state index is 0.534. The molecule has 1 fully saturated rings. The van der Waals surface area contributed by atoms with E-state index in [0.29, 0.717) is 12.0 Å². The smallest absolute Gasteiger partial charge is 0.110 e. The molecule has 96 valence electrons. The number of aryl methyl sites for hydroxylation is 1. The van der Waals surface area contributed by atoms with Crippen LogP contribution in [0.25, 0.3) is 11.0 Å². The minimum atomic E-state index is 0.534. The summed E-state index contributed by atoms with van der Waals surface area (Å²) >= 11 is 6.14. The first-order valence-electron chi connectivity index (χ1n) is 6.53. The van der Waals surface area contributed by atoms with E-state index in [1.165, 1.54) is 0 Å². The third-order valence-electron chi connectivity index (χ3n) is 3.87. The van der Waals surface area contributed by atoms with Crippen molar-refractivity contribution >= 4 is 22.6 Å². The van der Waals surface area contributed by atoms with Crippen LogP contribution in [-0.2, 0) is 0 Å². The first-order valence-corrected chi connectivity index (χ1v) is 6.91. The molecule has 3 rings (SSSR count). The van der Waals surface area contributed by atoms with Crippen LogP contribution in [0, 0.1) is 6.92 Å². The van der Waals surface area contributed by atoms with Gasteiger partial charge in [0.25, 0.3) is 0 Å². The highest BCUT2D eigenvalue weighted by Crippen LogP contribution is 2.30. The van der Waals surface area contributed by atoms with Crippen LogP contribution in [0.15, 0.2) is 12.1 Å². The average molecular weight is 264 g/mol. The lowest BCUT2D eigenvalue weighted by atomic mass is 9.93. The van der Waals surface area contributed by atoms with Crippen molar-refractivity contribution in [3.63, 3.8) is 0 Å². The molecule has 0 spiro atoms. The number of piperidine rings is 1. The zero-order valence-corrected chi connectivity index (χ0v) is 11.5. The molecule has 1 aromatic carbocycles. The number of hydrogen-bond donors (Lipinski definition) is 2. The predicted molar refractivity (Wildman–Crippen MR) is 75.3 cm³/mol. The van der Waals surface area contributed by atoms with E-state index in [4.69, 9.17) is 16.6 Å². The molecule has 0 bridgehead atoms. The number of aromatic nitrogens is 2. The van der Waals surface area contributed by atoms with Crippen LogP contribution in [-0.4, -0.2) is 22.6 Å². The topological polar surface area (TPSA) is 40.7 Å². The van der Waals surface area contributed by atoms with E-state index in [1.54, 1.807) is 0 Å². The number of imidazole rings is 1. The molecule has 2 aromatic rings. The third kappa shape index (κ3) is 2.02. The zero-order chi connectivity index (χ0) is 12.7. The molecule has 0 aliphatic carbocycles. The van der Waals surface area contributed by atoms with E-state index >= 15 is 0 Å². The standard InChI is InChI=1S/C14H18ClN3/c1-8-7-10(5-6-16-8)14-17-12-4-3-11(15)9(2)13(12)18-14/h3-4,8,10,16H,5-7H2,1-2H3,(H,17,18). The second-order valence-electron chi connectivity index (χ2n) is 5.27. The summed E-state index contributed by atoms with van der Waals surface area (Å²) in [7, 11) is 0. The number of H-pyrrole nitrogens is 1. The van der Waals surface area contributed by atoms with Gasteiger partial charge in [-0.05, 0) is 50.9 Å². The Hall–Kier alpha value is -1.06. The first-order chi connectivity index (χ1) is 8.65. The van der Waals surface area contributed by atoms with Crippen molar-refractivity contribution in [2.75, 3.05) is 6.54 Å². The molecule has 1 aromatic heterocycles. The minimum Gasteiger partial charge on any atom is -0.342 e. The molecule has 0 amide bonds. The quantitative estimate of drug-likeness (QED) is 0.828. The second kappa shape index (κ2) is 4.56. The molecule has 1 saturated heterocycles. The SMILES string of the molecule is Cc1c(Cl)ccc2[nH]c(C3CCNC(C)C3)nc12. The van der Waals surface area contributed by atoms with E-state index < -0.39 is 0 Å². The monoisotopic (exact) mass is 263 g/mol. The van der Waals surface area contributed by atoms with E-state index in [9.17, 15) is 0 Å². The van der Waals surface area contributed by atoms with Crippen LogP contribution >= 0.6 is 11.6 Å². The van der Waals surface area contributed by atoms with Crippen molar-refractivity contribution in [1.29, 1.82) is 0 Å². The Morgan fingerprint density at radius 2 is 2.22 bits per heavy atom. The number of hydrogen-bond acceptors (Lipinski definition) is 2. The molecule has 4 heteroatoms. The summed E-state index contributed by atoms with van der Waals surface area (Å²) in [6.45, 7) is 5.33. The van der Waals surface area contributed by atoms with Crippen LogP contribution in [0.3, 0.4) is 0 Å². The highest BCUT2D eigenvalue weighted by Gasteiger charge is 2.23. The lowest BCUT2D eigenvalue weighted by molar-refractivity contribution is 0.373. The maximum atomic E-state index is 6.14. The van der Waals surface area contributed by atoms with E-state index in [1.807, 2.05) is 19.1 Å². The lowest BCUT2D eigenvalue weighted by Crippen LogP contribution is -2.35. The van der Waals surface area contributed by atoms with Gasteiger partial charge in [0, 0.05) is 17.0 Å². The summed E-state index contributed by atoms with van der Waals surface area (Å²) in [4.78, 5) is 8.22. The fourth-order valence-electron chi connectivity index (χ4n) is 2.78. The summed E-state index contributed by atoms with van der Waals surface area (Å²) in [6, 6.07) is 4.53. The molecular formula is C14H18ClN3. The lowest BCUT2D eigenvalue weighted by Gasteiger charge is -2.26. The summed E-state index contributed by atoms with van der Waals surface area (Å²) in [5, 5.41) is 4.26. The van der Waals surface area contributed by atoms with Gasteiger partial charge >= 0.3 is 0 Å². The maximum Gasteiger partial charge on any atom is 0.110 e. The van der Waals surface area contributed by atoms with E-state index in [0.717, 1.165) is 46.8 Å². The van der Waals surface area contributed by atoms with Crippen molar-refractivity contribution in [1.82, 2.24) is 15.3 Å². The molecule has 0 saturated carbocycles. The Kier molecular flexibility index (Phi) is 3.04. The first kappa shape index (κ1) is 12.0. The molecule has 0 radical (unpaired) electrons. The Labute approximate surface area is 112 Å². The van der Waals surface area contributed by atoms with Crippen molar-refractivity contribution in [3.8, 4) is 0 Å². The number of nitrogens with zero attached hydrogens (tertiary/aromatic N) is 1. The summed E-state index contributed by atoms with van der Waals surface area (Å²) in [5.74, 6) is 1.65. The number of nitrogens with one attached hydrogen (secondary N) is 2. The maximum absolute atomic E-state index is 6.14. The fraction of sp³-hybridized carbons (Fsp3) is 0.500. The van der Waals surface area contributed by atoms with Crippen molar-refractivity contribution < 1.29 is 0 Å². The molecule has 1 aliphatic rings. The Bertz CT molecular complexity index is 576. The average Bonchev–Trinajstić information content (AvgIpc) is 2.79. The Morgan fingerprint density at radius 1 is 1.39 bits per heavy atom. The van der Waals surface area contributed by atoms with Crippen molar-refractivity contribution in [2.45, 2.75) is 38.6 Å². The summed E-state index contributed by atoms with van der Waals surface area (Å²) in [6.07, 6.45) is 2.30. The van der Waals surface area contributed by atoms with Crippen LogP contribution < -0.4 is 5.32 Å². The van der Waals surface area contributed by atoms with Gasteiger partial charge in [-0.3, -0.25) is 0 Å². The Morgan fingerprint density at radius 3 is 3.00 bits per heavy atom. The van der Waals surface area contributed by atoms with Crippen LogP contribution in [0.1, 0.15) is 37.1 Å². The molecule has 18 heavy (non-hydrogen) atoms. The van der Waals surface area contributed by atoms with Gasteiger partial charge in [0.1, 0.15) is 5.82 Å². The number of benzene rings is 1. The molecule has 2 N–H and O–H groups in total. The van der Waals surface area contributed by atoms with E-state index in [2.05, 4.69) is 17.2 Å². The predicted octanol–water partition coefficient (Wildman–Crippen LogP) is 3.38. The third-order valence-corrected chi connectivity index (χ3v) is 4.28. The zero-order valence-electron chi connectivity index (χ0n) is 10.8. The van der Waals surface area contributed by atoms with Crippen molar-refractivity contribution in [2.24, 2.45) is 0 Å². The van der Waals surface area contributed by atoms with Crippen LogP contribution in [0.2, 0.25) is 5.02 Å². The van der Waals surface area contributed by atoms with Gasteiger partial charge < -0.3 is 10.3 Å².